The highest BCUT2D eigenvalue weighted by Gasteiger charge is 2.21. The van der Waals surface area contributed by atoms with E-state index in [2.05, 4.69) is 10.3 Å². The maximum absolute atomic E-state index is 6.04. The van der Waals surface area contributed by atoms with Crippen molar-refractivity contribution in [3.63, 3.8) is 0 Å². The van der Waals surface area contributed by atoms with Gasteiger partial charge in [0.2, 0.25) is 0 Å². The van der Waals surface area contributed by atoms with Crippen molar-refractivity contribution in [2.24, 2.45) is 0 Å². The summed E-state index contributed by atoms with van der Waals surface area (Å²) in [6.07, 6.45) is 1.85. The van der Waals surface area contributed by atoms with Crippen LogP contribution in [0, 0.1) is 0 Å². The summed E-state index contributed by atoms with van der Waals surface area (Å²) in [6.45, 7) is 3.68. The molecule has 0 saturated carbocycles. The maximum atomic E-state index is 6.04. The van der Waals surface area contributed by atoms with E-state index in [4.69, 9.17) is 21.1 Å². The minimum Gasteiger partial charge on any atom is -0.484 e. The van der Waals surface area contributed by atoms with Crippen LogP contribution in [0.15, 0.2) is 29.8 Å². The van der Waals surface area contributed by atoms with Crippen LogP contribution in [-0.2, 0) is 0 Å². The standard InChI is InChI=1S/C14H15ClN2O2S/c1-9(14-17-4-5-20-14)18-12-3-2-10(15)6-13(12)19-11-7-16-8-11/h2-6,9,11,16H,7-8H2,1H3. The molecule has 0 aliphatic carbocycles. The van der Waals surface area contributed by atoms with Crippen molar-refractivity contribution in [1.29, 1.82) is 0 Å². The lowest BCUT2D eigenvalue weighted by molar-refractivity contribution is 0.129. The van der Waals surface area contributed by atoms with E-state index in [-0.39, 0.29) is 12.2 Å². The molecule has 20 heavy (non-hydrogen) atoms. The van der Waals surface area contributed by atoms with E-state index in [1.165, 1.54) is 0 Å². The molecule has 3 rings (SSSR count). The summed E-state index contributed by atoms with van der Waals surface area (Å²) in [5, 5.41) is 6.69. The zero-order valence-corrected chi connectivity index (χ0v) is 12.6. The lowest BCUT2D eigenvalue weighted by Gasteiger charge is -2.29. The van der Waals surface area contributed by atoms with Crippen molar-refractivity contribution >= 4 is 22.9 Å². The van der Waals surface area contributed by atoms with Crippen LogP contribution in [0.25, 0.3) is 0 Å². The van der Waals surface area contributed by atoms with E-state index in [0.717, 1.165) is 18.1 Å². The predicted molar refractivity (Wildman–Crippen MR) is 79.9 cm³/mol. The van der Waals surface area contributed by atoms with Crippen LogP contribution in [0.3, 0.4) is 0 Å². The van der Waals surface area contributed by atoms with Crippen molar-refractivity contribution in [3.05, 3.63) is 39.8 Å². The third-order valence-electron chi connectivity index (χ3n) is 3.05. The number of hydrogen-bond acceptors (Lipinski definition) is 5. The van der Waals surface area contributed by atoms with Gasteiger partial charge in [-0.3, -0.25) is 0 Å². The lowest BCUT2D eigenvalue weighted by Crippen LogP contribution is -2.50. The largest absolute Gasteiger partial charge is 0.484 e. The average Bonchev–Trinajstić information content (AvgIpc) is 2.90. The number of nitrogens with one attached hydrogen (secondary N) is 1. The Balaban J connectivity index is 1.77. The smallest absolute Gasteiger partial charge is 0.163 e. The number of benzene rings is 1. The Bertz CT molecular complexity index is 573. The number of ether oxygens (including phenoxy) is 2. The second-order valence-electron chi connectivity index (χ2n) is 4.62. The Morgan fingerprint density at radius 3 is 2.90 bits per heavy atom. The van der Waals surface area contributed by atoms with Crippen LogP contribution in [0.4, 0.5) is 0 Å². The first-order chi connectivity index (χ1) is 9.72. The van der Waals surface area contributed by atoms with Gasteiger partial charge in [-0.05, 0) is 19.1 Å². The van der Waals surface area contributed by atoms with E-state index in [1.54, 1.807) is 29.7 Å². The van der Waals surface area contributed by atoms with Crippen LogP contribution < -0.4 is 14.8 Å². The van der Waals surface area contributed by atoms with Crippen LogP contribution in [0.5, 0.6) is 11.5 Å². The molecule has 1 atom stereocenters. The first kappa shape index (κ1) is 13.7. The number of halogens is 1. The number of hydrogen-bond donors (Lipinski definition) is 1. The molecule has 0 radical (unpaired) electrons. The molecule has 1 aromatic carbocycles. The molecule has 106 valence electrons. The Hall–Kier alpha value is -1.30. The van der Waals surface area contributed by atoms with Gasteiger partial charge < -0.3 is 14.8 Å². The van der Waals surface area contributed by atoms with Gasteiger partial charge in [0, 0.05) is 35.8 Å². The summed E-state index contributed by atoms with van der Waals surface area (Å²) in [7, 11) is 0. The first-order valence-corrected chi connectivity index (χ1v) is 7.71. The fourth-order valence-electron chi connectivity index (χ4n) is 1.87. The maximum Gasteiger partial charge on any atom is 0.163 e. The molecule has 1 aromatic heterocycles. The Morgan fingerprint density at radius 2 is 2.25 bits per heavy atom. The second kappa shape index (κ2) is 5.99. The van der Waals surface area contributed by atoms with Gasteiger partial charge in [0.05, 0.1) is 0 Å². The summed E-state index contributed by atoms with van der Waals surface area (Å²) < 4.78 is 11.8. The van der Waals surface area contributed by atoms with Gasteiger partial charge in [-0.25, -0.2) is 4.98 Å². The monoisotopic (exact) mass is 310 g/mol. The fourth-order valence-corrected chi connectivity index (χ4v) is 2.66. The molecule has 1 aliphatic rings. The molecule has 6 heteroatoms. The highest BCUT2D eigenvalue weighted by molar-refractivity contribution is 7.09. The summed E-state index contributed by atoms with van der Waals surface area (Å²) in [4.78, 5) is 4.26. The predicted octanol–water partition coefficient (Wildman–Crippen LogP) is 3.29. The Morgan fingerprint density at radius 1 is 1.40 bits per heavy atom. The summed E-state index contributed by atoms with van der Waals surface area (Å²) in [5.41, 5.74) is 0. The van der Waals surface area contributed by atoms with E-state index in [0.29, 0.717) is 16.5 Å². The van der Waals surface area contributed by atoms with Gasteiger partial charge in [-0.1, -0.05) is 11.6 Å². The number of thiazole rings is 1. The average molecular weight is 311 g/mol. The molecule has 1 unspecified atom stereocenters. The fraction of sp³-hybridized carbons (Fsp3) is 0.357. The third-order valence-corrected chi connectivity index (χ3v) is 4.22. The van der Waals surface area contributed by atoms with Crippen LogP contribution in [-0.4, -0.2) is 24.2 Å². The van der Waals surface area contributed by atoms with E-state index in [9.17, 15) is 0 Å². The van der Waals surface area contributed by atoms with Gasteiger partial charge in [0.1, 0.15) is 17.2 Å². The molecule has 4 nitrogen and oxygen atoms in total. The van der Waals surface area contributed by atoms with E-state index < -0.39 is 0 Å². The van der Waals surface area contributed by atoms with Crippen molar-refractivity contribution in [2.75, 3.05) is 13.1 Å². The number of rotatable bonds is 5. The molecule has 1 fully saturated rings. The van der Waals surface area contributed by atoms with E-state index >= 15 is 0 Å². The second-order valence-corrected chi connectivity index (χ2v) is 5.98. The van der Waals surface area contributed by atoms with Crippen LogP contribution >= 0.6 is 22.9 Å². The summed E-state index contributed by atoms with van der Waals surface area (Å²) in [6, 6.07) is 5.44. The van der Waals surface area contributed by atoms with Gasteiger partial charge in [0.25, 0.3) is 0 Å². The lowest BCUT2D eigenvalue weighted by atomic mass is 10.2. The highest BCUT2D eigenvalue weighted by atomic mass is 35.5. The normalized spacial score (nSPS) is 16.5. The Labute approximate surface area is 126 Å². The molecule has 2 heterocycles. The zero-order valence-electron chi connectivity index (χ0n) is 11.0. The zero-order chi connectivity index (χ0) is 13.9. The summed E-state index contributed by atoms with van der Waals surface area (Å²) in [5.74, 6) is 1.39. The molecular weight excluding hydrogens is 296 g/mol. The molecular formula is C14H15ClN2O2S. The Kier molecular flexibility index (Phi) is 4.10. The number of aromatic nitrogens is 1. The SMILES string of the molecule is CC(Oc1ccc(Cl)cc1OC1CNC1)c1nccs1. The molecule has 2 aromatic rings. The quantitative estimate of drug-likeness (QED) is 0.920. The van der Waals surface area contributed by atoms with E-state index in [1.807, 2.05) is 18.4 Å². The minimum atomic E-state index is -0.113. The van der Waals surface area contributed by atoms with Gasteiger partial charge in [-0.15, -0.1) is 11.3 Å². The van der Waals surface area contributed by atoms with Crippen molar-refractivity contribution in [1.82, 2.24) is 10.3 Å². The third kappa shape index (κ3) is 3.06. The molecule has 0 spiro atoms. The summed E-state index contributed by atoms with van der Waals surface area (Å²) >= 11 is 7.61. The number of nitrogens with zero attached hydrogens (tertiary/aromatic N) is 1. The highest BCUT2D eigenvalue weighted by Crippen LogP contribution is 2.34. The van der Waals surface area contributed by atoms with Gasteiger partial charge >= 0.3 is 0 Å². The molecule has 1 saturated heterocycles. The molecule has 0 bridgehead atoms. The minimum absolute atomic E-state index is 0.113. The van der Waals surface area contributed by atoms with Crippen LogP contribution in [0.1, 0.15) is 18.0 Å². The van der Waals surface area contributed by atoms with Crippen molar-refractivity contribution in [3.8, 4) is 11.5 Å². The first-order valence-electron chi connectivity index (χ1n) is 6.45. The van der Waals surface area contributed by atoms with Gasteiger partial charge in [-0.2, -0.15) is 0 Å². The topological polar surface area (TPSA) is 43.4 Å². The molecule has 1 aliphatic heterocycles. The molecule has 1 N–H and O–H groups in total. The van der Waals surface area contributed by atoms with Crippen molar-refractivity contribution < 1.29 is 9.47 Å². The van der Waals surface area contributed by atoms with Gasteiger partial charge in [0.15, 0.2) is 11.5 Å². The van der Waals surface area contributed by atoms with Crippen LogP contribution in [0.2, 0.25) is 5.02 Å². The molecule has 0 amide bonds. The van der Waals surface area contributed by atoms with Crippen molar-refractivity contribution in [2.45, 2.75) is 19.1 Å².